The van der Waals surface area contributed by atoms with Gasteiger partial charge in [0.25, 0.3) is 0 Å². The molecule has 0 bridgehead atoms. The molecule has 168 valence electrons. The predicted octanol–water partition coefficient (Wildman–Crippen LogP) is 3.27. The van der Waals surface area contributed by atoms with Gasteiger partial charge in [0.1, 0.15) is 18.0 Å². The van der Waals surface area contributed by atoms with Gasteiger partial charge in [-0.2, -0.15) is 13.2 Å². The van der Waals surface area contributed by atoms with Crippen molar-refractivity contribution in [2.45, 2.75) is 19.3 Å². The number of anilines is 2. The first-order valence-electron chi connectivity index (χ1n) is 9.28. The molecule has 0 aliphatic carbocycles. The molecular weight excluding hydrogens is 429 g/mol. The van der Waals surface area contributed by atoms with Gasteiger partial charge in [0.2, 0.25) is 5.91 Å². The van der Waals surface area contributed by atoms with E-state index in [0.717, 1.165) is 12.1 Å². The van der Waals surface area contributed by atoms with Crippen LogP contribution in [-0.2, 0) is 24.1 Å². The van der Waals surface area contributed by atoms with Crippen LogP contribution < -0.4 is 20.7 Å². The monoisotopic (exact) mass is 448 g/mol. The summed E-state index contributed by atoms with van der Waals surface area (Å²) in [4.78, 5) is 24.0. The number of hydrogen-bond acceptors (Lipinski definition) is 5. The second-order valence-electron chi connectivity index (χ2n) is 6.57. The number of urea groups is 1. The largest absolute Gasteiger partial charge is 0.497 e. The summed E-state index contributed by atoms with van der Waals surface area (Å²) in [5.41, 5.74) is 0.407. The third-order valence-corrected chi connectivity index (χ3v) is 4.17. The first-order chi connectivity index (χ1) is 15.2. The van der Waals surface area contributed by atoms with Gasteiger partial charge in [-0.25, -0.2) is 9.48 Å². The molecule has 0 saturated carbocycles. The molecule has 3 N–H and O–H groups in total. The van der Waals surface area contributed by atoms with Gasteiger partial charge < -0.3 is 20.7 Å². The summed E-state index contributed by atoms with van der Waals surface area (Å²) in [5.74, 6) is 0.168. The lowest BCUT2D eigenvalue weighted by molar-refractivity contribution is -0.137. The van der Waals surface area contributed by atoms with E-state index in [4.69, 9.17) is 4.74 Å². The molecule has 32 heavy (non-hydrogen) atoms. The van der Waals surface area contributed by atoms with Crippen LogP contribution in [-0.4, -0.2) is 34.0 Å². The lowest BCUT2D eigenvalue weighted by atomic mass is 10.2. The van der Waals surface area contributed by atoms with Gasteiger partial charge in [0, 0.05) is 11.4 Å². The Morgan fingerprint density at radius 1 is 1.00 bits per heavy atom. The van der Waals surface area contributed by atoms with Gasteiger partial charge in [0.15, 0.2) is 0 Å². The van der Waals surface area contributed by atoms with Gasteiger partial charge in [0.05, 0.1) is 25.4 Å². The first-order valence-corrected chi connectivity index (χ1v) is 9.28. The maximum Gasteiger partial charge on any atom is 0.416 e. The van der Waals surface area contributed by atoms with Crippen LogP contribution in [0.1, 0.15) is 11.3 Å². The number of amides is 3. The van der Waals surface area contributed by atoms with E-state index >= 15 is 0 Å². The maximum atomic E-state index is 12.6. The summed E-state index contributed by atoms with van der Waals surface area (Å²) in [6, 6.07) is 10.4. The Kier molecular flexibility index (Phi) is 6.93. The van der Waals surface area contributed by atoms with Crippen LogP contribution in [0.15, 0.2) is 54.7 Å². The van der Waals surface area contributed by atoms with Crippen molar-refractivity contribution < 1.29 is 27.5 Å². The molecule has 2 aromatic carbocycles. The molecule has 0 radical (unpaired) electrons. The average Bonchev–Trinajstić information content (AvgIpc) is 3.19. The normalized spacial score (nSPS) is 11.0. The molecule has 0 atom stereocenters. The Morgan fingerprint density at radius 2 is 1.62 bits per heavy atom. The average molecular weight is 448 g/mol. The second kappa shape index (κ2) is 9.81. The number of ether oxygens (including phenoxy) is 1. The fourth-order valence-corrected chi connectivity index (χ4v) is 2.61. The van der Waals surface area contributed by atoms with Gasteiger partial charge in [-0.1, -0.05) is 5.21 Å². The van der Waals surface area contributed by atoms with Crippen LogP contribution in [0.4, 0.5) is 29.3 Å². The molecular formula is C20H19F3N6O3. The fourth-order valence-electron chi connectivity index (χ4n) is 2.61. The van der Waals surface area contributed by atoms with E-state index in [9.17, 15) is 22.8 Å². The number of benzene rings is 2. The minimum atomic E-state index is -4.45. The van der Waals surface area contributed by atoms with E-state index in [1.165, 1.54) is 23.0 Å². The molecule has 1 aromatic heterocycles. The Labute approximate surface area is 180 Å². The number of carbonyl (C=O) groups is 2. The lowest BCUT2D eigenvalue weighted by Crippen LogP contribution is -2.28. The molecule has 1 heterocycles. The van der Waals surface area contributed by atoms with Crippen LogP contribution >= 0.6 is 0 Å². The van der Waals surface area contributed by atoms with E-state index < -0.39 is 23.7 Å². The number of nitrogens with zero attached hydrogens (tertiary/aromatic N) is 3. The number of aromatic nitrogens is 3. The highest BCUT2D eigenvalue weighted by atomic mass is 19.4. The molecule has 3 rings (SSSR count). The van der Waals surface area contributed by atoms with Crippen LogP contribution in [0.2, 0.25) is 0 Å². The number of halogens is 3. The van der Waals surface area contributed by atoms with Crippen molar-refractivity contribution in [3.63, 3.8) is 0 Å². The minimum absolute atomic E-state index is 0.0719. The van der Waals surface area contributed by atoms with E-state index in [1.54, 1.807) is 31.4 Å². The lowest BCUT2D eigenvalue weighted by Gasteiger charge is -2.08. The molecule has 0 saturated heterocycles. The molecule has 3 amide bonds. The zero-order chi connectivity index (χ0) is 23.1. The quantitative estimate of drug-likeness (QED) is 0.514. The van der Waals surface area contributed by atoms with Gasteiger partial charge in [-0.3, -0.25) is 4.79 Å². The van der Waals surface area contributed by atoms with Gasteiger partial charge in [-0.05, 0) is 48.5 Å². The Balaban J connectivity index is 1.45. The minimum Gasteiger partial charge on any atom is -0.497 e. The Hall–Kier alpha value is -4.09. The topological polar surface area (TPSA) is 110 Å². The highest BCUT2D eigenvalue weighted by molar-refractivity contribution is 5.90. The number of rotatable bonds is 7. The summed E-state index contributed by atoms with van der Waals surface area (Å²) in [6.07, 6.45) is -2.97. The second-order valence-corrected chi connectivity index (χ2v) is 6.57. The number of nitrogens with one attached hydrogen (secondary N) is 3. The fraction of sp³-hybridized carbons (Fsp3) is 0.200. The van der Waals surface area contributed by atoms with Crippen LogP contribution in [0.25, 0.3) is 0 Å². The molecule has 12 heteroatoms. The zero-order valence-electron chi connectivity index (χ0n) is 16.8. The summed E-state index contributed by atoms with van der Waals surface area (Å²) in [5, 5.41) is 15.4. The van der Waals surface area contributed by atoms with Crippen LogP contribution in [0, 0.1) is 0 Å². The summed E-state index contributed by atoms with van der Waals surface area (Å²) in [6.45, 7) is -0.130. The number of alkyl halides is 3. The van der Waals surface area contributed by atoms with E-state index in [0.29, 0.717) is 17.1 Å². The summed E-state index contributed by atoms with van der Waals surface area (Å²) < 4.78 is 44.0. The van der Waals surface area contributed by atoms with Crippen molar-refractivity contribution in [3.05, 3.63) is 66.0 Å². The van der Waals surface area contributed by atoms with Crippen molar-refractivity contribution in [1.29, 1.82) is 0 Å². The zero-order valence-corrected chi connectivity index (χ0v) is 16.8. The van der Waals surface area contributed by atoms with Crippen LogP contribution in [0.5, 0.6) is 5.75 Å². The van der Waals surface area contributed by atoms with Gasteiger partial charge >= 0.3 is 12.2 Å². The number of hydrogen-bond donors (Lipinski definition) is 3. The van der Waals surface area contributed by atoms with Crippen molar-refractivity contribution in [1.82, 2.24) is 20.3 Å². The van der Waals surface area contributed by atoms with Crippen molar-refractivity contribution in [2.75, 3.05) is 17.7 Å². The van der Waals surface area contributed by atoms with Crippen molar-refractivity contribution >= 4 is 23.3 Å². The third kappa shape index (κ3) is 6.45. The highest BCUT2D eigenvalue weighted by Gasteiger charge is 2.30. The maximum absolute atomic E-state index is 12.6. The molecule has 9 nitrogen and oxygen atoms in total. The van der Waals surface area contributed by atoms with Crippen molar-refractivity contribution in [3.8, 4) is 5.75 Å². The Bertz CT molecular complexity index is 1070. The molecule has 0 fully saturated rings. The molecule has 0 unspecified atom stereocenters. The van der Waals surface area contributed by atoms with E-state index in [1.807, 2.05) is 0 Å². The van der Waals surface area contributed by atoms with Crippen molar-refractivity contribution in [2.24, 2.45) is 0 Å². The molecule has 0 spiro atoms. The SMILES string of the molecule is COc1ccc(NC(=O)NCc2cn(CC(=O)Nc3ccc(C(F)(F)F)cc3)nn2)cc1. The first kappa shape index (κ1) is 22.6. The van der Waals surface area contributed by atoms with Crippen LogP contribution in [0.3, 0.4) is 0 Å². The molecule has 3 aromatic rings. The number of methoxy groups -OCH3 is 1. The third-order valence-electron chi connectivity index (χ3n) is 4.17. The summed E-state index contributed by atoms with van der Waals surface area (Å²) >= 11 is 0. The molecule has 0 aliphatic heterocycles. The standard InChI is InChI=1S/C20H19F3N6O3/c1-32-17-8-6-15(7-9-17)26-19(31)24-10-16-11-29(28-27-16)12-18(30)25-14-4-2-13(3-5-14)20(21,22)23/h2-9,11H,10,12H2,1H3,(H,25,30)(H2,24,26,31). The van der Waals surface area contributed by atoms with E-state index in [2.05, 4.69) is 26.3 Å². The number of carbonyl (C=O) groups excluding carboxylic acids is 2. The predicted molar refractivity (Wildman–Crippen MR) is 109 cm³/mol. The highest BCUT2D eigenvalue weighted by Crippen LogP contribution is 2.29. The smallest absolute Gasteiger partial charge is 0.416 e. The van der Waals surface area contributed by atoms with Gasteiger partial charge in [-0.15, -0.1) is 5.10 Å². The van der Waals surface area contributed by atoms with E-state index in [-0.39, 0.29) is 18.8 Å². The summed E-state index contributed by atoms with van der Waals surface area (Å²) in [7, 11) is 1.54. The Morgan fingerprint density at radius 3 is 2.25 bits per heavy atom. The molecule has 0 aliphatic rings.